The quantitative estimate of drug-likeness (QED) is 0.743. The highest BCUT2D eigenvalue weighted by atomic mass is 35.5. The monoisotopic (exact) mass is 390 g/mol. The molecule has 27 heavy (non-hydrogen) atoms. The van der Waals surface area contributed by atoms with Crippen molar-refractivity contribution in [1.29, 1.82) is 0 Å². The zero-order chi connectivity index (χ0) is 19.0. The van der Waals surface area contributed by atoms with E-state index in [2.05, 4.69) is 20.4 Å². The Morgan fingerprint density at radius 3 is 3.07 bits per heavy atom. The van der Waals surface area contributed by atoms with E-state index in [1.54, 1.807) is 12.0 Å². The Hall–Kier alpha value is -2.78. The maximum atomic E-state index is 14.3. The molecule has 2 amide bonds. The van der Waals surface area contributed by atoms with E-state index < -0.39 is 5.82 Å². The van der Waals surface area contributed by atoms with Crippen LogP contribution in [0.1, 0.15) is 6.42 Å². The molecule has 3 heterocycles. The first-order valence-electron chi connectivity index (χ1n) is 8.30. The molecular formula is C17H16ClFN6O2. The zero-order valence-electron chi connectivity index (χ0n) is 14.4. The molecule has 0 bridgehead atoms. The molecule has 8 nitrogen and oxygen atoms in total. The number of nitrogens with zero attached hydrogens (tertiary/aromatic N) is 5. The van der Waals surface area contributed by atoms with Crippen molar-refractivity contribution < 1.29 is 13.9 Å². The summed E-state index contributed by atoms with van der Waals surface area (Å²) in [5, 5.41) is 7.37. The lowest BCUT2D eigenvalue weighted by Crippen LogP contribution is -2.33. The molecule has 0 saturated carbocycles. The van der Waals surface area contributed by atoms with Crippen LogP contribution >= 0.6 is 11.6 Å². The van der Waals surface area contributed by atoms with Gasteiger partial charge in [0.2, 0.25) is 0 Å². The van der Waals surface area contributed by atoms with E-state index >= 15 is 0 Å². The topological polar surface area (TPSA) is 84.6 Å². The Morgan fingerprint density at radius 1 is 1.44 bits per heavy atom. The number of hydrogen-bond donors (Lipinski definition) is 1. The Labute approximate surface area is 158 Å². The molecule has 0 spiro atoms. The second-order valence-electron chi connectivity index (χ2n) is 6.17. The number of nitrogens with one attached hydrogen (secondary N) is 1. The number of likely N-dealkylation sites (tertiary alicyclic amines) is 1. The standard InChI is InChI=1S/C17H16ClFN6O2/c1-27-12-4-5-24(9-12)17(26)21-11-2-3-14(19)13(6-11)15-22-16-20-7-10(18)8-25(16)23-15/h2-3,6-8,12H,4-5,9H2,1H3,(H,21,26). The van der Waals surface area contributed by atoms with Gasteiger partial charge in [-0.1, -0.05) is 11.6 Å². The minimum atomic E-state index is -0.504. The Bertz CT molecular complexity index is 1010. The summed E-state index contributed by atoms with van der Waals surface area (Å²) in [5.41, 5.74) is 0.604. The number of rotatable bonds is 3. The lowest BCUT2D eigenvalue weighted by molar-refractivity contribution is 0.111. The fourth-order valence-electron chi connectivity index (χ4n) is 2.96. The van der Waals surface area contributed by atoms with Gasteiger partial charge in [0.15, 0.2) is 5.82 Å². The minimum absolute atomic E-state index is 0.0426. The summed E-state index contributed by atoms with van der Waals surface area (Å²) in [7, 11) is 1.63. The molecule has 2 aromatic heterocycles. The molecule has 1 N–H and O–H groups in total. The highest BCUT2D eigenvalue weighted by Crippen LogP contribution is 2.25. The first-order chi connectivity index (χ1) is 13.0. The van der Waals surface area contributed by atoms with E-state index in [0.717, 1.165) is 6.42 Å². The minimum Gasteiger partial charge on any atom is -0.380 e. The van der Waals surface area contributed by atoms with Gasteiger partial charge >= 0.3 is 6.03 Å². The van der Waals surface area contributed by atoms with Crippen LogP contribution in [0.15, 0.2) is 30.6 Å². The number of anilines is 1. The van der Waals surface area contributed by atoms with Gasteiger partial charge in [0.25, 0.3) is 5.78 Å². The molecule has 1 aliphatic heterocycles. The van der Waals surface area contributed by atoms with Gasteiger partial charge in [-0.2, -0.15) is 4.98 Å². The molecule has 10 heteroatoms. The predicted molar refractivity (Wildman–Crippen MR) is 97.2 cm³/mol. The van der Waals surface area contributed by atoms with E-state index in [1.165, 1.54) is 35.1 Å². The van der Waals surface area contributed by atoms with Crippen molar-refractivity contribution in [1.82, 2.24) is 24.5 Å². The van der Waals surface area contributed by atoms with Crippen molar-refractivity contribution in [2.75, 3.05) is 25.5 Å². The summed E-state index contributed by atoms with van der Waals surface area (Å²) >= 11 is 5.88. The normalized spacial score (nSPS) is 16.9. The predicted octanol–water partition coefficient (Wildman–Crippen LogP) is 2.84. The van der Waals surface area contributed by atoms with Crippen molar-refractivity contribution in [3.63, 3.8) is 0 Å². The second-order valence-corrected chi connectivity index (χ2v) is 6.61. The highest BCUT2D eigenvalue weighted by Gasteiger charge is 2.26. The van der Waals surface area contributed by atoms with Crippen molar-refractivity contribution in [2.24, 2.45) is 0 Å². The lowest BCUT2D eigenvalue weighted by Gasteiger charge is -2.17. The number of urea groups is 1. The number of carbonyl (C=O) groups excluding carboxylic acids is 1. The van der Waals surface area contributed by atoms with Crippen LogP contribution in [0.3, 0.4) is 0 Å². The molecule has 1 aromatic carbocycles. The Kier molecular flexibility index (Phi) is 4.63. The van der Waals surface area contributed by atoms with Crippen molar-refractivity contribution in [2.45, 2.75) is 12.5 Å². The van der Waals surface area contributed by atoms with Gasteiger partial charge < -0.3 is 15.0 Å². The molecular weight excluding hydrogens is 375 g/mol. The van der Waals surface area contributed by atoms with Gasteiger partial charge in [0, 0.05) is 25.9 Å². The SMILES string of the molecule is COC1CCN(C(=O)Nc2ccc(F)c(-c3nc4ncc(Cl)cn4n3)c2)C1. The first-order valence-corrected chi connectivity index (χ1v) is 8.68. The maximum Gasteiger partial charge on any atom is 0.321 e. The molecule has 1 atom stereocenters. The van der Waals surface area contributed by atoms with Crippen LogP contribution in [0.25, 0.3) is 17.2 Å². The summed E-state index contributed by atoms with van der Waals surface area (Å²) in [6.45, 7) is 1.13. The summed E-state index contributed by atoms with van der Waals surface area (Å²) in [6.07, 6.45) is 3.80. The second kappa shape index (κ2) is 7.09. The average Bonchev–Trinajstić information content (AvgIpc) is 3.29. The van der Waals surface area contributed by atoms with Crippen LogP contribution < -0.4 is 5.32 Å². The molecule has 0 aliphatic carbocycles. The molecule has 1 aliphatic rings. The number of methoxy groups -OCH3 is 1. The van der Waals surface area contributed by atoms with Gasteiger partial charge in [0.1, 0.15) is 5.82 Å². The fourth-order valence-corrected chi connectivity index (χ4v) is 3.10. The van der Waals surface area contributed by atoms with Crippen LogP contribution in [0.5, 0.6) is 0 Å². The lowest BCUT2D eigenvalue weighted by atomic mass is 10.2. The summed E-state index contributed by atoms with van der Waals surface area (Å²) < 4.78 is 21.0. The van der Waals surface area contributed by atoms with Crippen LogP contribution in [0, 0.1) is 5.82 Å². The summed E-state index contributed by atoms with van der Waals surface area (Å²) in [5.74, 6) is -0.0551. The number of halogens is 2. The Morgan fingerprint density at radius 2 is 2.30 bits per heavy atom. The molecule has 1 unspecified atom stereocenters. The van der Waals surface area contributed by atoms with Crippen LogP contribution in [-0.2, 0) is 4.74 Å². The highest BCUT2D eigenvalue weighted by molar-refractivity contribution is 6.30. The molecule has 1 fully saturated rings. The first kappa shape index (κ1) is 17.6. The van der Waals surface area contributed by atoms with Gasteiger partial charge in [-0.25, -0.2) is 18.7 Å². The summed E-state index contributed by atoms with van der Waals surface area (Å²) in [6, 6.07) is 3.99. The van der Waals surface area contributed by atoms with Gasteiger partial charge in [0.05, 0.1) is 29.1 Å². The van der Waals surface area contributed by atoms with Crippen molar-refractivity contribution >= 4 is 29.1 Å². The number of ether oxygens (including phenoxy) is 1. The van der Waals surface area contributed by atoms with Crippen LogP contribution in [-0.4, -0.2) is 56.8 Å². The van der Waals surface area contributed by atoms with E-state index in [4.69, 9.17) is 16.3 Å². The van der Waals surface area contributed by atoms with E-state index in [-0.39, 0.29) is 23.5 Å². The fraction of sp³-hybridized carbons (Fsp3) is 0.294. The molecule has 140 valence electrons. The third-order valence-corrected chi connectivity index (χ3v) is 4.58. The maximum absolute atomic E-state index is 14.3. The van der Waals surface area contributed by atoms with E-state index in [1.807, 2.05) is 0 Å². The number of carbonyl (C=O) groups is 1. The smallest absolute Gasteiger partial charge is 0.321 e. The van der Waals surface area contributed by atoms with Crippen LogP contribution in [0.2, 0.25) is 5.02 Å². The molecule has 4 rings (SSSR count). The Balaban J connectivity index is 1.58. The largest absolute Gasteiger partial charge is 0.380 e. The van der Waals surface area contributed by atoms with Crippen molar-refractivity contribution in [3.8, 4) is 11.4 Å². The number of fused-ring (bicyclic) bond motifs is 1. The van der Waals surface area contributed by atoms with E-state index in [9.17, 15) is 9.18 Å². The third kappa shape index (κ3) is 3.56. The average molecular weight is 391 g/mol. The van der Waals surface area contributed by atoms with Crippen molar-refractivity contribution in [3.05, 3.63) is 41.4 Å². The summed E-state index contributed by atoms with van der Waals surface area (Å²) in [4.78, 5) is 22.3. The molecule has 0 radical (unpaired) electrons. The van der Waals surface area contributed by atoms with Gasteiger partial charge in [-0.3, -0.25) is 0 Å². The third-order valence-electron chi connectivity index (χ3n) is 4.39. The number of hydrogen-bond acceptors (Lipinski definition) is 5. The van der Waals surface area contributed by atoms with Crippen LogP contribution in [0.4, 0.5) is 14.9 Å². The molecule has 3 aromatic rings. The van der Waals surface area contributed by atoms with Gasteiger partial charge in [-0.15, -0.1) is 5.10 Å². The number of benzene rings is 1. The van der Waals surface area contributed by atoms with Gasteiger partial charge in [-0.05, 0) is 24.6 Å². The van der Waals surface area contributed by atoms with E-state index in [0.29, 0.717) is 29.6 Å². The zero-order valence-corrected chi connectivity index (χ0v) is 15.1. The number of amides is 2. The molecule has 1 saturated heterocycles. The number of aromatic nitrogens is 4.